The summed E-state index contributed by atoms with van der Waals surface area (Å²) >= 11 is 0. The zero-order valence-electron chi connectivity index (χ0n) is 7.07. The third kappa shape index (κ3) is 2.55. The van der Waals surface area contributed by atoms with Crippen molar-refractivity contribution in [3.05, 3.63) is 17.8 Å². The molecule has 0 bridgehead atoms. The SMILES string of the molecule is Cc1ocnc1C(=O)NS(C)(=O)=O. The van der Waals surface area contributed by atoms with E-state index in [-0.39, 0.29) is 11.5 Å². The highest BCUT2D eigenvalue weighted by Crippen LogP contribution is 2.03. The summed E-state index contributed by atoms with van der Waals surface area (Å²) in [6.07, 6.45) is 1.97. The summed E-state index contributed by atoms with van der Waals surface area (Å²) in [6.45, 7) is 1.52. The van der Waals surface area contributed by atoms with E-state index in [2.05, 4.69) is 4.98 Å². The number of hydrogen-bond donors (Lipinski definition) is 1. The fourth-order valence-corrected chi connectivity index (χ4v) is 1.17. The van der Waals surface area contributed by atoms with Gasteiger partial charge in [-0.25, -0.2) is 18.1 Å². The van der Waals surface area contributed by atoms with Crippen LogP contribution in [-0.2, 0) is 10.0 Å². The molecule has 0 fully saturated rings. The molecule has 1 heterocycles. The number of aromatic nitrogens is 1. The lowest BCUT2D eigenvalue weighted by atomic mass is 10.3. The van der Waals surface area contributed by atoms with E-state index >= 15 is 0 Å². The van der Waals surface area contributed by atoms with Crippen LogP contribution in [0.3, 0.4) is 0 Å². The number of carbonyl (C=O) groups is 1. The van der Waals surface area contributed by atoms with Crippen molar-refractivity contribution in [2.45, 2.75) is 6.92 Å². The molecule has 0 unspecified atom stereocenters. The van der Waals surface area contributed by atoms with Crippen LogP contribution in [0.1, 0.15) is 16.2 Å². The molecular formula is C6H8N2O4S. The van der Waals surface area contributed by atoms with Crippen molar-refractivity contribution >= 4 is 15.9 Å². The van der Waals surface area contributed by atoms with Crippen LogP contribution in [0.15, 0.2) is 10.8 Å². The third-order valence-corrected chi connectivity index (χ3v) is 1.79. The zero-order valence-corrected chi connectivity index (χ0v) is 7.88. The molecular weight excluding hydrogens is 196 g/mol. The average Bonchev–Trinajstić information content (AvgIpc) is 2.30. The fraction of sp³-hybridized carbons (Fsp3) is 0.333. The van der Waals surface area contributed by atoms with Crippen molar-refractivity contribution in [1.29, 1.82) is 0 Å². The van der Waals surface area contributed by atoms with Gasteiger partial charge in [0.2, 0.25) is 10.0 Å². The monoisotopic (exact) mass is 204 g/mol. The minimum atomic E-state index is -3.55. The molecule has 1 amide bonds. The molecule has 0 aromatic carbocycles. The van der Waals surface area contributed by atoms with Crippen LogP contribution in [-0.4, -0.2) is 25.6 Å². The van der Waals surface area contributed by atoms with Crippen LogP contribution >= 0.6 is 0 Å². The molecule has 0 aliphatic heterocycles. The maximum atomic E-state index is 11.1. The van der Waals surface area contributed by atoms with Gasteiger partial charge in [-0.3, -0.25) is 4.79 Å². The zero-order chi connectivity index (χ0) is 10.1. The Hall–Kier alpha value is -1.37. The highest BCUT2D eigenvalue weighted by molar-refractivity contribution is 7.89. The Morgan fingerprint density at radius 1 is 1.62 bits per heavy atom. The van der Waals surface area contributed by atoms with Gasteiger partial charge in [-0.1, -0.05) is 0 Å². The first-order valence-electron chi connectivity index (χ1n) is 3.32. The van der Waals surface area contributed by atoms with E-state index in [1.54, 1.807) is 4.72 Å². The van der Waals surface area contributed by atoms with Crippen molar-refractivity contribution in [3.63, 3.8) is 0 Å². The Kier molecular flexibility index (Phi) is 2.37. The van der Waals surface area contributed by atoms with Crippen molar-refractivity contribution in [2.75, 3.05) is 6.26 Å². The second-order valence-corrected chi connectivity index (χ2v) is 4.21. The molecule has 0 saturated carbocycles. The Balaban J connectivity index is 2.88. The molecule has 0 saturated heterocycles. The number of oxazole rings is 1. The van der Waals surface area contributed by atoms with E-state index in [1.807, 2.05) is 0 Å². The first kappa shape index (κ1) is 9.72. The lowest BCUT2D eigenvalue weighted by Crippen LogP contribution is -2.29. The van der Waals surface area contributed by atoms with E-state index in [0.29, 0.717) is 0 Å². The molecule has 0 aliphatic carbocycles. The van der Waals surface area contributed by atoms with Gasteiger partial charge >= 0.3 is 0 Å². The largest absolute Gasteiger partial charge is 0.448 e. The molecule has 1 aromatic heterocycles. The highest BCUT2D eigenvalue weighted by Gasteiger charge is 2.16. The van der Waals surface area contributed by atoms with Gasteiger partial charge in [-0.2, -0.15) is 0 Å². The lowest BCUT2D eigenvalue weighted by Gasteiger charge is -1.98. The quantitative estimate of drug-likeness (QED) is 0.712. The number of sulfonamides is 1. The molecule has 0 radical (unpaired) electrons. The average molecular weight is 204 g/mol. The predicted octanol–water partition coefficient (Wildman–Crippen LogP) is -0.328. The molecule has 6 nitrogen and oxygen atoms in total. The fourth-order valence-electron chi connectivity index (χ4n) is 0.740. The summed E-state index contributed by atoms with van der Waals surface area (Å²) in [4.78, 5) is 14.7. The van der Waals surface area contributed by atoms with Crippen LogP contribution in [0, 0.1) is 6.92 Å². The smallest absolute Gasteiger partial charge is 0.286 e. The molecule has 1 aromatic rings. The summed E-state index contributed by atoms with van der Waals surface area (Å²) in [5.74, 6) is -0.505. The molecule has 7 heteroatoms. The summed E-state index contributed by atoms with van der Waals surface area (Å²) in [5.41, 5.74) is -0.0228. The maximum absolute atomic E-state index is 11.1. The van der Waals surface area contributed by atoms with E-state index in [4.69, 9.17) is 4.42 Å². The Bertz CT molecular complexity index is 420. The first-order chi connectivity index (χ1) is 5.90. The van der Waals surface area contributed by atoms with Gasteiger partial charge in [-0.15, -0.1) is 0 Å². The Morgan fingerprint density at radius 2 is 2.23 bits per heavy atom. The summed E-state index contributed by atoms with van der Waals surface area (Å²) in [6, 6.07) is 0. The number of nitrogens with one attached hydrogen (secondary N) is 1. The number of nitrogens with zero attached hydrogens (tertiary/aromatic N) is 1. The van der Waals surface area contributed by atoms with Crippen LogP contribution < -0.4 is 4.72 Å². The van der Waals surface area contributed by atoms with Gasteiger partial charge in [0.15, 0.2) is 12.1 Å². The van der Waals surface area contributed by atoms with Crippen molar-refractivity contribution < 1.29 is 17.6 Å². The molecule has 0 aliphatic rings. The maximum Gasteiger partial charge on any atom is 0.286 e. The molecule has 1 rings (SSSR count). The Labute approximate surface area is 75.0 Å². The van der Waals surface area contributed by atoms with Crippen LogP contribution in [0.4, 0.5) is 0 Å². The van der Waals surface area contributed by atoms with Crippen molar-refractivity contribution in [1.82, 2.24) is 9.71 Å². The Morgan fingerprint density at radius 3 is 2.62 bits per heavy atom. The second-order valence-electron chi connectivity index (χ2n) is 2.46. The normalized spacial score (nSPS) is 11.2. The number of rotatable bonds is 2. The van der Waals surface area contributed by atoms with Gasteiger partial charge in [0.1, 0.15) is 5.76 Å². The molecule has 13 heavy (non-hydrogen) atoms. The molecule has 1 N–H and O–H groups in total. The van der Waals surface area contributed by atoms with Crippen LogP contribution in [0.5, 0.6) is 0 Å². The number of hydrogen-bond acceptors (Lipinski definition) is 5. The molecule has 72 valence electrons. The summed E-state index contributed by atoms with van der Waals surface area (Å²) in [7, 11) is -3.55. The van der Waals surface area contributed by atoms with Gasteiger partial charge < -0.3 is 4.42 Å². The minimum absolute atomic E-state index is 0.0228. The lowest BCUT2D eigenvalue weighted by molar-refractivity contribution is 0.0976. The van der Waals surface area contributed by atoms with Crippen LogP contribution in [0.25, 0.3) is 0 Å². The summed E-state index contributed by atoms with van der Waals surface area (Å²) in [5, 5.41) is 0. The number of carbonyl (C=O) groups excluding carboxylic acids is 1. The van der Waals surface area contributed by atoms with E-state index in [1.165, 1.54) is 6.92 Å². The standard InChI is InChI=1S/C6H8N2O4S/c1-4-5(7-3-12-4)6(9)8-13(2,10)11/h3H,1-2H3,(H,8,9). The summed E-state index contributed by atoms with van der Waals surface area (Å²) < 4.78 is 27.8. The van der Waals surface area contributed by atoms with E-state index < -0.39 is 15.9 Å². The van der Waals surface area contributed by atoms with Crippen molar-refractivity contribution in [2.24, 2.45) is 0 Å². The van der Waals surface area contributed by atoms with Crippen molar-refractivity contribution in [3.8, 4) is 0 Å². The topological polar surface area (TPSA) is 89.3 Å². The van der Waals surface area contributed by atoms with E-state index in [9.17, 15) is 13.2 Å². The van der Waals surface area contributed by atoms with Gasteiger partial charge in [0.25, 0.3) is 5.91 Å². The van der Waals surface area contributed by atoms with Gasteiger partial charge in [0.05, 0.1) is 6.26 Å². The highest BCUT2D eigenvalue weighted by atomic mass is 32.2. The number of amides is 1. The van der Waals surface area contributed by atoms with Gasteiger partial charge in [0, 0.05) is 0 Å². The van der Waals surface area contributed by atoms with E-state index in [0.717, 1.165) is 12.6 Å². The second kappa shape index (κ2) is 3.17. The number of aryl methyl sites for hydroxylation is 1. The van der Waals surface area contributed by atoms with Crippen LogP contribution in [0.2, 0.25) is 0 Å². The predicted molar refractivity (Wildman–Crippen MR) is 43.6 cm³/mol. The molecule has 0 atom stereocenters. The van der Waals surface area contributed by atoms with Gasteiger partial charge in [-0.05, 0) is 6.92 Å². The molecule has 0 spiro atoms. The first-order valence-corrected chi connectivity index (χ1v) is 5.21. The third-order valence-electron chi connectivity index (χ3n) is 1.24. The minimum Gasteiger partial charge on any atom is -0.448 e.